The van der Waals surface area contributed by atoms with E-state index in [4.69, 9.17) is 4.74 Å². The van der Waals surface area contributed by atoms with E-state index in [2.05, 4.69) is 25.5 Å². The molecule has 1 fully saturated rings. The minimum atomic E-state index is 0.00974. The molecule has 2 rings (SSSR count). The predicted octanol–water partition coefficient (Wildman–Crippen LogP) is 0.380. The number of ether oxygens (including phenoxy) is 1. The van der Waals surface area contributed by atoms with Crippen LogP contribution < -0.4 is 15.5 Å². The lowest BCUT2D eigenvalue weighted by Crippen LogP contribution is -2.35. The Bertz CT molecular complexity index is 480. The van der Waals surface area contributed by atoms with Crippen LogP contribution in [0.25, 0.3) is 0 Å². The number of hydrogen-bond donors (Lipinski definition) is 2. The van der Waals surface area contributed by atoms with Gasteiger partial charge in [-0.25, -0.2) is 9.97 Å². The summed E-state index contributed by atoms with van der Waals surface area (Å²) in [6.07, 6.45) is 0.929. The van der Waals surface area contributed by atoms with Gasteiger partial charge in [0.15, 0.2) is 5.82 Å². The maximum Gasteiger partial charge on any atom is 0.217 e. The smallest absolute Gasteiger partial charge is 0.217 e. The Balaban J connectivity index is 2.12. The number of aromatic nitrogens is 2. The van der Waals surface area contributed by atoms with Gasteiger partial charge in [0.1, 0.15) is 18.2 Å². The van der Waals surface area contributed by atoms with Crippen LogP contribution in [-0.4, -0.2) is 49.2 Å². The largest absolute Gasteiger partial charge is 0.377 e. The molecule has 1 aliphatic heterocycles. The minimum Gasteiger partial charge on any atom is -0.377 e. The van der Waals surface area contributed by atoms with Crippen molar-refractivity contribution in [3.8, 4) is 0 Å². The first-order valence-corrected chi connectivity index (χ1v) is 6.69. The van der Waals surface area contributed by atoms with Crippen molar-refractivity contribution in [1.82, 2.24) is 15.3 Å². The van der Waals surface area contributed by atoms with Crippen LogP contribution in [0.4, 0.5) is 11.6 Å². The molecule has 0 spiro atoms. The molecule has 1 amide bonds. The molecule has 110 valence electrons. The van der Waals surface area contributed by atoms with Gasteiger partial charge in [0.05, 0.1) is 0 Å². The number of carbonyl (C=O) groups excluding carboxylic acids is 1. The first kappa shape index (κ1) is 14.5. The highest BCUT2D eigenvalue weighted by Gasteiger charge is 2.24. The lowest BCUT2D eigenvalue weighted by molar-refractivity contribution is -0.119. The summed E-state index contributed by atoms with van der Waals surface area (Å²) >= 11 is 0. The molecule has 2 N–H and O–H groups in total. The Kier molecular flexibility index (Phi) is 4.73. The zero-order valence-electron chi connectivity index (χ0n) is 12.1. The summed E-state index contributed by atoms with van der Waals surface area (Å²) in [4.78, 5) is 22.1. The van der Waals surface area contributed by atoms with E-state index >= 15 is 0 Å². The van der Waals surface area contributed by atoms with Crippen molar-refractivity contribution in [1.29, 1.82) is 0 Å². The topological polar surface area (TPSA) is 79.4 Å². The van der Waals surface area contributed by atoms with E-state index in [0.29, 0.717) is 12.4 Å². The predicted molar refractivity (Wildman–Crippen MR) is 76.7 cm³/mol. The lowest BCUT2D eigenvalue weighted by atomic mass is 10.3. The normalized spacial score (nSPS) is 18.1. The van der Waals surface area contributed by atoms with E-state index in [1.54, 1.807) is 14.0 Å². The molecule has 0 bridgehead atoms. The molecule has 1 aliphatic rings. The first-order valence-electron chi connectivity index (χ1n) is 6.69. The van der Waals surface area contributed by atoms with Crippen LogP contribution in [0.2, 0.25) is 0 Å². The van der Waals surface area contributed by atoms with Crippen LogP contribution in [0.1, 0.15) is 19.2 Å². The SMILES string of the molecule is CNc1cc(N2CCC(NC(C)=O)C2)nc(COC)n1. The summed E-state index contributed by atoms with van der Waals surface area (Å²) in [7, 11) is 3.45. The van der Waals surface area contributed by atoms with Gasteiger partial charge in [-0.1, -0.05) is 0 Å². The fourth-order valence-corrected chi connectivity index (χ4v) is 2.34. The van der Waals surface area contributed by atoms with Crippen molar-refractivity contribution in [3.63, 3.8) is 0 Å². The molecule has 0 saturated carbocycles. The minimum absolute atomic E-state index is 0.00974. The zero-order valence-corrected chi connectivity index (χ0v) is 12.1. The molecule has 2 heterocycles. The van der Waals surface area contributed by atoms with Gasteiger partial charge >= 0.3 is 0 Å². The van der Waals surface area contributed by atoms with Gasteiger partial charge in [0.25, 0.3) is 0 Å². The average Bonchev–Trinajstić information content (AvgIpc) is 2.86. The summed E-state index contributed by atoms with van der Waals surface area (Å²) in [5.74, 6) is 2.29. The highest BCUT2D eigenvalue weighted by Crippen LogP contribution is 2.21. The molecular weight excluding hydrogens is 258 g/mol. The first-order chi connectivity index (χ1) is 9.62. The van der Waals surface area contributed by atoms with Crippen LogP contribution in [0.5, 0.6) is 0 Å². The fourth-order valence-electron chi connectivity index (χ4n) is 2.34. The molecule has 1 aromatic heterocycles. The van der Waals surface area contributed by atoms with Crippen molar-refractivity contribution in [2.24, 2.45) is 0 Å². The monoisotopic (exact) mass is 279 g/mol. The van der Waals surface area contributed by atoms with Crippen LogP contribution in [0, 0.1) is 0 Å². The van der Waals surface area contributed by atoms with E-state index in [1.165, 1.54) is 0 Å². The average molecular weight is 279 g/mol. The second-order valence-electron chi connectivity index (χ2n) is 4.84. The van der Waals surface area contributed by atoms with Crippen molar-refractivity contribution < 1.29 is 9.53 Å². The van der Waals surface area contributed by atoms with Gasteiger partial charge in [-0.2, -0.15) is 0 Å². The molecule has 1 saturated heterocycles. The number of amides is 1. The number of nitrogens with one attached hydrogen (secondary N) is 2. The number of anilines is 2. The third-order valence-electron chi connectivity index (χ3n) is 3.21. The Morgan fingerprint density at radius 3 is 3.00 bits per heavy atom. The maximum absolute atomic E-state index is 11.1. The van der Waals surface area contributed by atoms with Crippen molar-refractivity contribution >= 4 is 17.5 Å². The van der Waals surface area contributed by atoms with Crippen LogP contribution in [0.15, 0.2) is 6.07 Å². The summed E-state index contributed by atoms with van der Waals surface area (Å²) < 4.78 is 5.09. The number of nitrogens with zero attached hydrogens (tertiary/aromatic N) is 3. The number of rotatable bonds is 5. The number of carbonyl (C=O) groups is 1. The molecular formula is C13H21N5O2. The van der Waals surface area contributed by atoms with Gasteiger partial charge in [-0.3, -0.25) is 4.79 Å². The van der Waals surface area contributed by atoms with Crippen LogP contribution >= 0.6 is 0 Å². The molecule has 1 aromatic rings. The standard InChI is InChI=1S/C13H21N5O2/c1-9(19)15-10-4-5-18(7-10)13-6-11(14-2)16-12(17-13)8-20-3/h6,10H,4-5,7-8H2,1-3H3,(H,15,19)(H,14,16,17). The number of hydrogen-bond acceptors (Lipinski definition) is 6. The van der Waals surface area contributed by atoms with Gasteiger partial charge < -0.3 is 20.3 Å². The van der Waals surface area contributed by atoms with E-state index in [-0.39, 0.29) is 11.9 Å². The van der Waals surface area contributed by atoms with Crippen LogP contribution in [-0.2, 0) is 16.1 Å². The Hall–Kier alpha value is -1.89. The third kappa shape index (κ3) is 3.57. The van der Waals surface area contributed by atoms with Gasteiger partial charge in [-0.15, -0.1) is 0 Å². The molecule has 0 aliphatic carbocycles. The summed E-state index contributed by atoms with van der Waals surface area (Å²) in [5.41, 5.74) is 0. The van der Waals surface area contributed by atoms with Crippen LogP contribution in [0.3, 0.4) is 0 Å². The van der Waals surface area contributed by atoms with Gasteiger partial charge in [-0.05, 0) is 6.42 Å². The highest BCUT2D eigenvalue weighted by atomic mass is 16.5. The second-order valence-corrected chi connectivity index (χ2v) is 4.84. The number of methoxy groups -OCH3 is 1. The Labute approximate surface area is 118 Å². The molecule has 7 nitrogen and oxygen atoms in total. The van der Waals surface area contributed by atoms with E-state index in [1.807, 2.05) is 13.1 Å². The van der Waals surface area contributed by atoms with Crippen molar-refractivity contribution in [3.05, 3.63) is 11.9 Å². The van der Waals surface area contributed by atoms with E-state index in [0.717, 1.165) is 31.1 Å². The molecule has 0 aromatic carbocycles. The maximum atomic E-state index is 11.1. The second kappa shape index (κ2) is 6.51. The molecule has 1 unspecified atom stereocenters. The van der Waals surface area contributed by atoms with Gasteiger partial charge in [0.2, 0.25) is 5.91 Å². The third-order valence-corrected chi connectivity index (χ3v) is 3.21. The lowest BCUT2D eigenvalue weighted by Gasteiger charge is -2.19. The summed E-state index contributed by atoms with van der Waals surface area (Å²) in [6, 6.07) is 2.10. The molecule has 1 atom stereocenters. The van der Waals surface area contributed by atoms with E-state index < -0.39 is 0 Å². The Morgan fingerprint density at radius 1 is 1.55 bits per heavy atom. The van der Waals surface area contributed by atoms with E-state index in [9.17, 15) is 4.79 Å². The van der Waals surface area contributed by atoms with Crippen molar-refractivity contribution in [2.75, 3.05) is 37.5 Å². The highest BCUT2D eigenvalue weighted by molar-refractivity contribution is 5.73. The van der Waals surface area contributed by atoms with Crippen molar-refractivity contribution in [2.45, 2.75) is 26.0 Å². The molecule has 0 radical (unpaired) electrons. The zero-order chi connectivity index (χ0) is 14.5. The summed E-state index contributed by atoms with van der Waals surface area (Å²) in [6.45, 7) is 3.57. The van der Waals surface area contributed by atoms with Gasteiger partial charge in [0, 0.05) is 46.3 Å². The quantitative estimate of drug-likeness (QED) is 0.811. The molecule has 20 heavy (non-hydrogen) atoms. The summed E-state index contributed by atoms with van der Waals surface area (Å²) in [5, 5.41) is 5.98. The Morgan fingerprint density at radius 2 is 2.35 bits per heavy atom. The molecule has 7 heteroatoms. The fraction of sp³-hybridized carbons (Fsp3) is 0.615.